The van der Waals surface area contributed by atoms with Gasteiger partial charge in [0.05, 0.1) is 26.0 Å². The summed E-state index contributed by atoms with van der Waals surface area (Å²) in [7, 11) is 3.72. The molecule has 0 saturated heterocycles. The van der Waals surface area contributed by atoms with Gasteiger partial charge in [0.2, 0.25) is 0 Å². The molecule has 0 aliphatic carbocycles. The molecule has 0 heterocycles. The van der Waals surface area contributed by atoms with Crippen LogP contribution in [0.5, 0.6) is 0 Å². The molecule has 0 spiro atoms. The van der Waals surface area contributed by atoms with Crippen LogP contribution in [0.3, 0.4) is 0 Å². The fourth-order valence-electron chi connectivity index (χ4n) is 0.200. The third-order valence-electron chi connectivity index (χ3n) is 0.300. The van der Waals surface area contributed by atoms with Gasteiger partial charge >= 0.3 is 6.07 Å². The fourth-order valence-corrected chi connectivity index (χ4v) is 0.200. The van der Waals surface area contributed by atoms with Crippen LogP contribution in [0.4, 0.5) is 0 Å². The summed E-state index contributed by atoms with van der Waals surface area (Å²) in [5.41, 5.74) is 0. The quantitative estimate of drug-likeness (QED) is 0.395. The van der Waals surface area contributed by atoms with Gasteiger partial charge in [-0.1, -0.05) is 5.01 Å². The van der Waals surface area contributed by atoms with Crippen LogP contribution in [0.15, 0.2) is 0 Å². The zero-order valence-electron chi connectivity index (χ0n) is 4.39. The lowest BCUT2D eigenvalue weighted by Gasteiger charge is -1.77. The first kappa shape index (κ1) is 5.29. The number of nitrogens with zero attached hydrogens (tertiary/aromatic N) is 2. The second kappa shape index (κ2) is 2.52. The van der Waals surface area contributed by atoms with E-state index >= 15 is 0 Å². The number of rotatable bonds is 0. The second-order valence-electron chi connectivity index (χ2n) is 1.17. The van der Waals surface area contributed by atoms with Gasteiger partial charge in [0.1, 0.15) is 0 Å². The molecule has 0 aromatic rings. The standard InChI is InChI=1S/C4H9N2/c1-4-5-6(2)3/h1-3H3/q+1. The molecule has 0 bridgehead atoms. The Morgan fingerprint density at radius 2 is 2.00 bits per heavy atom. The summed E-state index contributed by atoms with van der Waals surface area (Å²) < 4.78 is 0. The van der Waals surface area contributed by atoms with Crippen LogP contribution in [0.2, 0.25) is 0 Å². The van der Waals surface area contributed by atoms with E-state index in [1.807, 2.05) is 14.1 Å². The molecule has 2 nitrogen and oxygen atoms in total. The van der Waals surface area contributed by atoms with Gasteiger partial charge in [-0.3, -0.25) is 0 Å². The zero-order chi connectivity index (χ0) is 4.99. The molecule has 0 aromatic carbocycles. The first-order valence-corrected chi connectivity index (χ1v) is 1.82. The first-order valence-electron chi connectivity index (χ1n) is 1.82. The Bertz CT molecular complexity index is 75.3. The maximum absolute atomic E-state index is 3.71. The third-order valence-corrected chi connectivity index (χ3v) is 0.300. The molecule has 34 valence electrons. The Balaban J connectivity index is 3.20. The van der Waals surface area contributed by atoms with Crippen molar-refractivity contribution in [1.29, 1.82) is 0 Å². The highest BCUT2D eigenvalue weighted by atomic mass is 15.4. The van der Waals surface area contributed by atoms with Crippen molar-refractivity contribution >= 4 is 0 Å². The summed E-state index contributed by atoms with van der Waals surface area (Å²) in [6.45, 7) is 1.76. The highest BCUT2D eigenvalue weighted by molar-refractivity contribution is 4.73. The van der Waals surface area contributed by atoms with Crippen molar-refractivity contribution < 1.29 is 0 Å². The van der Waals surface area contributed by atoms with E-state index in [2.05, 4.69) is 11.0 Å². The Labute approximate surface area is 38.2 Å². The number of hydrogen-bond donors (Lipinski definition) is 0. The van der Waals surface area contributed by atoms with E-state index < -0.39 is 0 Å². The van der Waals surface area contributed by atoms with Crippen LogP contribution in [-0.4, -0.2) is 19.1 Å². The van der Waals surface area contributed by atoms with Crippen LogP contribution in [-0.2, 0) is 0 Å². The van der Waals surface area contributed by atoms with E-state index in [1.165, 1.54) is 0 Å². The third kappa shape index (κ3) is 3.29. The normalized spacial score (nSPS) is 5.83. The summed E-state index contributed by atoms with van der Waals surface area (Å²) >= 11 is 0. The topological polar surface area (TPSA) is 7.60 Å². The predicted octanol–water partition coefficient (Wildman–Crippen LogP) is 0.816. The van der Waals surface area contributed by atoms with Crippen LogP contribution in [0.25, 0.3) is 4.95 Å². The van der Waals surface area contributed by atoms with Crippen molar-refractivity contribution in [1.82, 2.24) is 5.01 Å². The highest BCUT2D eigenvalue weighted by Gasteiger charge is 1.81. The SMILES string of the molecule is CC#[N+]N(C)C. The molecule has 0 radical (unpaired) electrons. The molecule has 0 saturated carbocycles. The van der Waals surface area contributed by atoms with E-state index in [1.54, 1.807) is 11.9 Å². The molecule has 0 aliphatic rings. The van der Waals surface area contributed by atoms with Gasteiger partial charge in [-0.05, 0) is 0 Å². The van der Waals surface area contributed by atoms with Crippen LogP contribution < -0.4 is 0 Å². The molecule has 0 atom stereocenters. The molecule has 0 unspecified atom stereocenters. The van der Waals surface area contributed by atoms with Gasteiger partial charge in [-0.25, -0.2) is 0 Å². The minimum Gasteiger partial charge on any atom is -0.0755 e. The Morgan fingerprint density at radius 3 is 2.00 bits per heavy atom. The van der Waals surface area contributed by atoms with Crippen molar-refractivity contribution in [2.45, 2.75) is 6.92 Å². The van der Waals surface area contributed by atoms with Crippen molar-refractivity contribution in [2.24, 2.45) is 0 Å². The van der Waals surface area contributed by atoms with Gasteiger partial charge < -0.3 is 0 Å². The van der Waals surface area contributed by atoms with Crippen molar-refractivity contribution in [2.75, 3.05) is 14.1 Å². The smallest absolute Gasteiger partial charge is 0.0755 e. The summed E-state index contributed by atoms with van der Waals surface area (Å²) in [5, 5.41) is 1.69. The largest absolute Gasteiger partial charge is 0.315 e. The van der Waals surface area contributed by atoms with Crippen LogP contribution in [0.1, 0.15) is 6.92 Å². The number of hydrogen-bond acceptors (Lipinski definition) is 1. The lowest BCUT2D eigenvalue weighted by molar-refractivity contribution is 0.557. The average molecular weight is 85.1 g/mol. The summed E-state index contributed by atoms with van der Waals surface area (Å²) in [4.78, 5) is 3.71. The lowest BCUT2D eigenvalue weighted by atomic mass is 10.9. The molecule has 0 fully saturated rings. The van der Waals surface area contributed by atoms with Gasteiger partial charge in [0.25, 0.3) is 0 Å². The maximum atomic E-state index is 3.71. The Morgan fingerprint density at radius 1 is 1.50 bits per heavy atom. The van der Waals surface area contributed by atoms with E-state index in [0.29, 0.717) is 0 Å². The van der Waals surface area contributed by atoms with Gasteiger partial charge in [-0.2, -0.15) is 0 Å². The molecule has 0 aliphatic heterocycles. The van der Waals surface area contributed by atoms with Crippen LogP contribution in [0, 0.1) is 6.07 Å². The monoisotopic (exact) mass is 85.1 g/mol. The lowest BCUT2D eigenvalue weighted by Crippen LogP contribution is -1.95. The van der Waals surface area contributed by atoms with Gasteiger partial charge in [0.15, 0.2) is 0 Å². The summed E-state index contributed by atoms with van der Waals surface area (Å²) in [6, 6.07) is 2.62. The fraction of sp³-hybridized carbons (Fsp3) is 0.750. The van der Waals surface area contributed by atoms with E-state index in [4.69, 9.17) is 0 Å². The minimum atomic E-state index is 1.69. The van der Waals surface area contributed by atoms with E-state index in [-0.39, 0.29) is 0 Å². The van der Waals surface area contributed by atoms with Gasteiger partial charge in [0, 0.05) is 0 Å². The molecule has 2 heteroatoms. The Kier molecular flexibility index (Phi) is 2.22. The molecule has 0 amide bonds. The van der Waals surface area contributed by atoms with E-state index in [9.17, 15) is 0 Å². The summed E-state index contributed by atoms with van der Waals surface area (Å²) in [5.74, 6) is 0. The Hall–Kier alpha value is -0.710. The van der Waals surface area contributed by atoms with Crippen molar-refractivity contribution in [3.63, 3.8) is 0 Å². The van der Waals surface area contributed by atoms with Crippen molar-refractivity contribution in [3.8, 4) is 6.07 Å². The van der Waals surface area contributed by atoms with Gasteiger partial charge in [-0.15, -0.1) is 0 Å². The highest BCUT2D eigenvalue weighted by Crippen LogP contribution is 1.68. The molecule has 0 aromatic heterocycles. The van der Waals surface area contributed by atoms with E-state index in [0.717, 1.165) is 0 Å². The zero-order valence-corrected chi connectivity index (χ0v) is 4.39. The molecule has 0 N–H and O–H groups in total. The molecular formula is C4H9N2+. The maximum Gasteiger partial charge on any atom is 0.315 e. The first-order chi connectivity index (χ1) is 2.77. The molecular weight excluding hydrogens is 76.1 g/mol. The summed E-state index contributed by atoms with van der Waals surface area (Å²) in [6.07, 6.45) is 0. The minimum absolute atomic E-state index is 1.69. The van der Waals surface area contributed by atoms with Crippen LogP contribution >= 0.6 is 0 Å². The predicted molar refractivity (Wildman–Crippen MR) is 26.6 cm³/mol. The second-order valence-corrected chi connectivity index (χ2v) is 1.17. The molecule has 0 rings (SSSR count). The average Bonchev–Trinajstić information content (AvgIpc) is 1.35. The molecule has 6 heavy (non-hydrogen) atoms. The van der Waals surface area contributed by atoms with Crippen molar-refractivity contribution in [3.05, 3.63) is 4.95 Å².